The Balaban J connectivity index is 2.49. The van der Waals surface area contributed by atoms with Gasteiger partial charge >= 0.3 is 82.1 Å². The Kier molecular flexibility index (Phi) is 1.95. The second-order valence-corrected chi connectivity index (χ2v) is 3.58. The van der Waals surface area contributed by atoms with Gasteiger partial charge in [-0.3, -0.25) is 0 Å². The van der Waals surface area contributed by atoms with Crippen molar-refractivity contribution in [1.29, 1.82) is 0 Å². The van der Waals surface area contributed by atoms with Crippen LogP contribution in [0.5, 0.6) is 0 Å². The first-order valence-corrected chi connectivity index (χ1v) is 4.47. The first kappa shape index (κ1) is 9.06. The number of anilines is 1. The van der Waals surface area contributed by atoms with Crippen molar-refractivity contribution in [3.8, 4) is 0 Å². The van der Waals surface area contributed by atoms with Crippen molar-refractivity contribution in [3.05, 3.63) is 17.6 Å². The van der Waals surface area contributed by atoms with E-state index in [1.54, 1.807) is 6.20 Å². The molecule has 1 aliphatic heterocycles. The monoisotopic (exact) mass is 187 g/mol. The predicted molar refractivity (Wildman–Crippen MR) is 56.0 cm³/mol. The molecule has 14 heavy (non-hydrogen) atoms. The number of amides is 1. The molecule has 0 atom stereocenters. The van der Waals surface area contributed by atoms with Crippen molar-refractivity contribution in [2.24, 2.45) is 0 Å². The molecule has 0 spiro atoms. The van der Waals surface area contributed by atoms with Crippen LogP contribution in [-0.2, 0) is 4.79 Å². The molecule has 0 saturated heterocycles. The molecule has 0 aromatic carbocycles. The fraction of sp³-hybridized carbons (Fsp3) is 0.333. The van der Waals surface area contributed by atoms with Gasteiger partial charge in [0.2, 0.25) is 0 Å². The molecule has 2 rings (SSSR count). The van der Waals surface area contributed by atoms with Gasteiger partial charge in [-0.15, -0.1) is 0 Å². The number of nitrogens with zero attached hydrogens (tertiary/aromatic N) is 2. The molecule has 1 aromatic heterocycles. The second kappa shape index (κ2) is 3.01. The van der Waals surface area contributed by atoms with Crippen molar-refractivity contribution in [3.63, 3.8) is 0 Å². The number of carbonyl (C=O) groups excluding carboxylic acids is 1. The molecule has 0 saturated carbocycles. The van der Waals surface area contributed by atoms with E-state index in [9.17, 15) is 4.79 Å². The van der Waals surface area contributed by atoms with Crippen LogP contribution < -0.4 is 5.32 Å². The third-order valence-electron chi connectivity index (χ3n) is 2.15. The fourth-order valence-electron chi connectivity index (χ4n) is 1.30. The Morgan fingerprint density at radius 2 is 2.21 bits per heavy atom. The topological polar surface area (TPSA) is 54.9 Å². The molecule has 0 aliphatic carbocycles. The number of nitrogens with one attached hydrogen (secondary N) is 1. The number of aromatic nitrogens is 2. The van der Waals surface area contributed by atoms with Gasteiger partial charge in [0.15, 0.2) is 0 Å². The van der Waals surface area contributed by atoms with Crippen LogP contribution in [0.1, 0.15) is 31.2 Å². The molecular weight excluding hydrogens is 177 g/mol. The van der Waals surface area contributed by atoms with Gasteiger partial charge in [0.05, 0.1) is 0 Å². The van der Waals surface area contributed by atoms with Crippen LogP contribution in [-0.4, -0.2) is 28.8 Å². The maximum atomic E-state index is 11.2. The van der Waals surface area contributed by atoms with Crippen molar-refractivity contribution < 1.29 is 4.79 Å². The van der Waals surface area contributed by atoms with Crippen LogP contribution in [0, 0.1) is 0 Å². The normalized spacial score (nSPS) is 14.4. The van der Waals surface area contributed by atoms with Gasteiger partial charge in [0, 0.05) is 0 Å². The molecule has 0 unspecified atom stereocenters. The molecule has 2 heterocycles. The third kappa shape index (κ3) is 1.25. The average molecular weight is 187 g/mol. The summed E-state index contributed by atoms with van der Waals surface area (Å²) in [5.41, 5.74) is 1.15. The molecule has 0 radical (unpaired) electrons. The maximum absolute atomic E-state index is 11.2. The fourth-order valence-corrected chi connectivity index (χ4v) is 1.30. The molecule has 70 valence electrons. The zero-order valence-corrected chi connectivity index (χ0v) is 8.16. The molecule has 5 heteroatoms. The molecule has 1 aliphatic rings. The van der Waals surface area contributed by atoms with Gasteiger partial charge in [-0.1, -0.05) is 0 Å². The van der Waals surface area contributed by atoms with Crippen LogP contribution in [0.2, 0.25) is 0 Å². The van der Waals surface area contributed by atoms with E-state index < -0.39 is 0 Å². The standard InChI is InChI=1S/C9H10BN3O/c1-4(2)7-11-3-5-6(10)9(14)13-8(5)12-7/h3-4,10H,1-2H3,(H,11,12,13,14). The van der Waals surface area contributed by atoms with Crippen molar-refractivity contribution in [2.45, 2.75) is 19.8 Å². The summed E-state index contributed by atoms with van der Waals surface area (Å²) in [4.78, 5) is 19.7. The Hall–Kier alpha value is -1.52. The summed E-state index contributed by atoms with van der Waals surface area (Å²) in [7, 11) is 3.66. The Morgan fingerprint density at radius 3 is 2.86 bits per heavy atom. The minimum absolute atomic E-state index is 0.185. The summed E-state index contributed by atoms with van der Waals surface area (Å²) in [6.07, 6.45) is 1.65. The van der Waals surface area contributed by atoms with Crippen LogP contribution in [0.3, 0.4) is 0 Å². The molecule has 4 nitrogen and oxygen atoms in total. The van der Waals surface area contributed by atoms with Crippen LogP contribution >= 0.6 is 0 Å². The third-order valence-corrected chi connectivity index (χ3v) is 2.15. The first-order chi connectivity index (χ1) is 6.59. The van der Waals surface area contributed by atoms with E-state index in [4.69, 9.17) is 0 Å². The van der Waals surface area contributed by atoms with E-state index >= 15 is 0 Å². The Morgan fingerprint density at radius 1 is 1.50 bits per heavy atom. The van der Waals surface area contributed by atoms with Crippen molar-refractivity contribution in [2.75, 3.05) is 5.32 Å². The van der Waals surface area contributed by atoms with E-state index in [1.807, 2.05) is 13.8 Å². The van der Waals surface area contributed by atoms with E-state index in [0.717, 1.165) is 5.82 Å². The first-order valence-electron chi connectivity index (χ1n) is 4.47. The van der Waals surface area contributed by atoms with Gasteiger partial charge in [-0.05, 0) is 0 Å². The summed E-state index contributed by atoms with van der Waals surface area (Å²) >= 11 is 0. The molecular formula is C9H10BN3O. The summed E-state index contributed by atoms with van der Waals surface area (Å²) < 4.78 is 0. The quantitative estimate of drug-likeness (QED) is 0.628. The number of fused-ring (bicyclic) bond motifs is 1. The van der Waals surface area contributed by atoms with E-state index in [2.05, 4.69) is 22.8 Å². The summed E-state index contributed by atoms with van der Waals surface area (Å²) in [6, 6.07) is 0. The zero-order valence-electron chi connectivity index (χ0n) is 8.16. The van der Waals surface area contributed by atoms with Crippen LogP contribution in [0.15, 0.2) is 6.20 Å². The Bertz CT molecular complexity index is 428. The zero-order chi connectivity index (χ0) is 10.3. The molecule has 1 aromatic rings. The summed E-state index contributed by atoms with van der Waals surface area (Å²) in [5.74, 6) is 1.39. The van der Waals surface area contributed by atoms with E-state index in [0.29, 0.717) is 16.8 Å². The molecule has 0 fully saturated rings. The number of carbonyl (C=O) groups is 1. The van der Waals surface area contributed by atoms with Gasteiger partial charge in [-0.25, -0.2) is 0 Å². The summed E-state index contributed by atoms with van der Waals surface area (Å²) in [5, 5.41) is 2.65. The molecule has 0 bridgehead atoms. The van der Waals surface area contributed by atoms with E-state index in [1.165, 1.54) is 0 Å². The van der Waals surface area contributed by atoms with Crippen LogP contribution in [0.25, 0.3) is 0 Å². The number of rotatable bonds is 1. The van der Waals surface area contributed by atoms with Gasteiger partial charge in [0.1, 0.15) is 0 Å². The average Bonchev–Trinajstić information content (AvgIpc) is 2.42. The van der Waals surface area contributed by atoms with Gasteiger partial charge < -0.3 is 0 Å². The van der Waals surface area contributed by atoms with Gasteiger partial charge in [-0.2, -0.15) is 0 Å². The van der Waals surface area contributed by atoms with E-state index in [-0.39, 0.29) is 11.8 Å². The molecule has 1 amide bonds. The number of hydrogen-bond acceptors (Lipinski definition) is 3. The Labute approximate surface area is 82.8 Å². The van der Waals surface area contributed by atoms with Crippen molar-refractivity contribution >= 4 is 24.7 Å². The van der Waals surface area contributed by atoms with Crippen molar-refractivity contribution in [1.82, 2.24) is 9.97 Å². The number of hydrogen-bond donors (Lipinski definition) is 1. The predicted octanol–water partition coefficient (Wildman–Crippen LogP) is -0.0266. The van der Waals surface area contributed by atoms with Gasteiger partial charge in [0.25, 0.3) is 0 Å². The minimum atomic E-state index is -0.185. The molecule has 1 N–H and O–H groups in total. The SMILES string of the molecule is B=C1C(=O)Nc2nc(C(C)C)ncc21. The van der Waals surface area contributed by atoms with Crippen LogP contribution in [0.4, 0.5) is 5.82 Å². The second-order valence-electron chi connectivity index (χ2n) is 3.58. The summed E-state index contributed by atoms with van der Waals surface area (Å²) in [6.45, 7) is 4.01.